The summed E-state index contributed by atoms with van der Waals surface area (Å²) in [6.45, 7) is 3.61. The molecule has 1 aliphatic rings. The van der Waals surface area contributed by atoms with Crippen LogP contribution in [-0.4, -0.2) is 29.1 Å². The number of ether oxygens (including phenoxy) is 1. The van der Waals surface area contributed by atoms with Gasteiger partial charge in [-0.2, -0.15) is 0 Å². The van der Waals surface area contributed by atoms with Gasteiger partial charge in [0.25, 0.3) is 0 Å². The van der Waals surface area contributed by atoms with Crippen LogP contribution in [0.2, 0.25) is 0 Å². The molecule has 4 nitrogen and oxygen atoms in total. The summed E-state index contributed by atoms with van der Waals surface area (Å²) >= 11 is 2.34. The number of aromatic nitrogens is 1. The predicted molar refractivity (Wildman–Crippen MR) is 82.2 cm³/mol. The highest BCUT2D eigenvalue weighted by atomic mass is 127. The fraction of sp³-hybridized carbons (Fsp3) is 0.357. The average molecular weight is 370 g/mol. The van der Waals surface area contributed by atoms with E-state index in [0.717, 1.165) is 13.0 Å². The van der Waals surface area contributed by atoms with Crippen molar-refractivity contribution in [3.63, 3.8) is 0 Å². The molecule has 1 aromatic heterocycles. The number of hydrogen-bond donors (Lipinski definition) is 1. The van der Waals surface area contributed by atoms with Gasteiger partial charge >= 0.3 is 6.09 Å². The molecule has 0 atom stereocenters. The monoisotopic (exact) mass is 370 g/mol. The van der Waals surface area contributed by atoms with Gasteiger partial charge in [0.1, 0.15) is 0 Å². The van der Waals surface area contributed by atoms with Crippen molar-refractivity contribution in [3.05, 3.63) is 33.0 Å². The topological polar surface area (TPSA) is 45.3 Å². The third kappa shape index (κ3) is 2.20. The number of benzene rings is 1. The summed E-state index contributed by atoms with van der Waals surface area (Å²) < 4.78 is 6.30. The number of nitrogens with one attached hydrogen (secondary N) is 1. The number of halogens is 1. The number of rotatable bonds is 1. The summed E-state index contributed by atoms with van der Waals surface area (Å²) in [6, 6.07) is 6.26. The first kappa shape index (κ1) is 12.8. The smallest absolute Gasteiger partial charge is 0.410 e. The minimum Gasteiger partial charge on any atom is -0.450 e. The van der Waals surface area contributed by atoms with Crippen molar-refractivity contribution >= 4 is 39.6 Å². The van der Waals surface area contributed by atoms with Crippen molar-refractivity contribution in [1.29, 1.82) is 0 Å². The van der Waals surface area contributed by atoms with Gasteiger partial charge in [-0.25, -0.2) is 4.79 Å². The number of para-hydroxylation sites is 1. The number of H-pyrrole nitrogens is 1. The van der Waals surface area contributed by atoms with Gasteiger partial charge in [0.15, 0.2) is 0 Å². The van der Waals surface area contributed by atoms with Crippen LogP contribution in [0, 0.1) is 3.57 Å². The molecule has 0 saturated heterocycles. The Morgan fingerprint density at radius 2 is 2.37 bits per heavy atom. The van der Waals surface area contributed by atoms with Crippen molar-refractivity contribution < 1.29 is 9.53 Å². The Bertz CT molecular complexity index is 636. The van der Waals surface area contributed by atoms with Crippen LogP contribution in [0.3, 0.4) is 0 Å². The molecule has 0 fully saturated rings. The molecule has 0 aliphatic carbocycles. The SMILES string of the molecule is CCOC(=O)N1CCc2[nH]c3c(I)cccc3c2C1. The highest BCUT2D eigenvalue weighted by molar-refractivity contribution is 14.1. The third-order valence-electron chi connectivity index (χ3n) is 3.49. The molecule has 1 aromatic carbocycles. The van der Waals surface area contributed by atoms with E-state index in [1.165, 1.54) is 25.7 Å². The number of nitrogens with zero attached hydrogens (tertiary/aromatic N) is 1. The number of aromatic amines is 1. The van der Waals surface area contributed by atoms with Gasteiger partial charge in [-0.3, -0.25) is 0 Å². The fourth-order valence-electron chi connectivity index (χ4n) is 2.57. The molecule has 1 N–H and O–H groups in total. The van der Waals surface area contributed by atoms with Crippen molar-refractivity contribution in [3.8, 4) is 0 Å². The maximum atomic E-state index is 11.8. The molecule has 2 aromatic rings. The Morgan fingerprint density at radius 1 is 1.53 bits per heavy atom. The zero-order valence-corrected chi connectivity index (χ0v) is 12.9. The van der Waals surface area contributed by atoms with Gasteiger partial charge in [-0.15, -0.1) is 0 Å². The molecule has 2 heterocycles. The van der Waals surface area contributed by atoms with E-state index in [-0.39, 0.29) is 6.09 Å². The minimum atomic E-state index is -0.215. The minimum absolute atomic E-state index is 0.215. The van der Waals surface area contributed by atoms with Crippen molar-refractivity contribution in [2.45, 2.75) is 19.9 Å². The van der Waals surface area contributed by atoms with Crippen LogP contribution in [0.1, 0.15) is 18.2 Å². The molecular formula is C14H15IN2O2. The summed E-state index contributed by atoms with van der Waals surface area (Å²) in [6.07, 6.45) is 0.645. The Kier molecular flexibility index (Phi) is 3.38. The molecule has 0 spiro atoms. The summed E-state index contributed by atoms with van der Waals surface area (Å²) in [5, 5.41) is 1.22. The van der Waals surface area contributed by atoms with Crippen LogP contribution in [0.25, 0.3) is 10.9 Å². The summed E-state index contributed by atoms with van der Waals surface area (Å²) in [5.74, 6) is 0. The first-order valence-corrected chi connectivity index (χ1v) is 7.48. The predicted octanol–water partition coefficient (Wildman–Crippen LogP) is 3.29. The molecule has 1 amide bonds. The lowest BCUT2D eigenvalue weighted by molar-refractivity contribution is 0.103. The highest BCUT2D eigenvalue weighted by Gasteiger charge is 2.25. The lowest BCUT2D eigenvalue weighted by atomic mass is 10.1. The lowest BCUT2D eigenvalue weighted by Gasteiger charge is -2.26. The zero-order valence-electron chi connectivity index (χ0n) is 10.7. The first-order valence-electron chi connectivity index (χ1n) is 6.40. The number of carbonyl (C=O) groups is 1. The quantitative estimate of drug-likeness (QED) is 0.784. The Hall–Kier alpha value is -1.24. The van der Waals surface area contributed by atoms with Crippen molar-refractivity contribution in [2.75, 3.05) is 13.2 Å². The lowest BCUT2D eigenvalue weighted by Crippen LogP contribution is -2.36. The largest absolute Gasteiger partial charge is 0.450 e. The van der Waals surface area contributed by atoms with Crippen LogP contribution in [0.5, 0.6) is 0 Å². The van der Waals surface area contributed by atoms with Gasteiger partial charge in [0, 0.05) is 33.2 Å². The molecule has 1 aliphatic heterocycles. The molecule has 0 saturated carbocycles. The maximum absolute atomic E-state index is 11.8. The number of hydrogen-bond acceptors (Lipinski definition) is 2. The first-order chi connectivity index (χ1) is 9.20. The van der Waals surface area contributed by atoms with E-state index in [1.54, 1.807) is 4.90 Å². The number of amides is 1. The molecule has 3 rings (SSSR count). The standard InChI is InChI=1S/C14H15IN2O2/c1-2-19-14(18)17-7-6-12-10(8-17)9-4-3-5-11(15)13(9)16-12/h3-5,16H,2,6-8H2,1H3. The van der Waals surface area contributed by atoms with Gasteiger partial charge in [-0.05, 0) is 35.6 Å². The molecule has 100 valence electrons. The zero-order chi connectivity index (χ0) is 13.4. The van der Waals surface area contributed by atoms with E-state index in [2.05, 4.69) is 45.8 Å². The van der Waals surface area contributed by atoms with Gasteiger partial charge < -0.3 is 14.6 Å². The summed E-state index contributed by atoms with van der Waals surface area (Å²) in [5.41, 5.74) is 3.66. The Balaban J connectivity index is 1.98. The molecule has 5 heteroatoms. The summed E-state index contributed by atoms with van der Waals surface area (Å²) in [4.78, 5) is 17.1. The normalized spacial score (nSPS) is 14.5. The third-order valence-corrected chi connectivity index (χ3v) is 4.38. The second-order valence-corrected chi connectivity index (χ2v) is 5.78. The molecule has 19 heavy (non-hydrogen) atoms. The molecule has 0 bridgehead atoms. The molecule has 0 unspecified atom stereocenters. The second-order valence-electron chi connectivity index (χ2n) is 4.61. The number of fused-ring (bicyclic) bond motifs is 3. The average Bonchev–Trinajstić information content (AvgIpc) is 2.78. The van der Waals surface area contributed by atoms with Crippen LogP contribution < -0.4 is 0 Å². The molecular weight excluding hydrogens is 355 g/mol. The van der Waals surface area contributed by atoms with E-state index >= 15 is 0 Å². The van der Waals surface area contributed by atoms with E-state index in [0.29, 0.717) is 13.2 Å². The summed E-state index contributed by atoms with van der Waals surface area (Å²) in [7, 11) is 0. The van der Waals surface area contributed by atoms with Crippen LogP contribution in [0.15, 0.2) is 18.2 Å². The van der Waals surface area contributed by atoms with Crippen LogP contribution in [0.4, 0.5) is 4.79 Å². The highest BCUT2D eigenvalue weighted by Crippen LogP contribution is 2.30. The van der Waals surface area contributed by atoms with Crippen LogP contribution >= 0.6 is 22.6 Å². The Morgan fingerprint density at radius 3 is 3.16 bits per heavy atom. The second kappa shape index (κ2) is 5.03. The van der Waals surface area contributed by atoms with Gasteiger partial charge in [-0.1, -0.05) is 12.1 Å². The van der Waals surface area contributed by atoms with Crippen LogP contribution in [-0.2, 0) is 17.7 Å². The van der Waals surface area contributed by atoms with E-state index in [9.17, 15) is 4.79 Å². The number of carbonyl (C=O) groups excluding carboxylic acids is 1. The Labute approximate surface area is 125 Å². The maximum Gasteiger partial charge on any atom is 0.410 e. The molecule has 0 radical (unpaired) electrons. The van der Waals surface area contributed by atoms with Gasteiger partial charge in [0.2, 0.25) is 0 Å². The van der Waals surface area contributed by atoms with Gasteiger partial charge in [0.05, 0.1) is 18.7 Å². The van der Waals surface area contributed by atoms with E-state index in [1.807, 2.05) is 6.92 Å². The van der Waals surface area contributed by atoms with E-state index in [4.69, 9.17) is 4.74 Å². The fourth-order valence-corrected chi connectivity index (χ4v) is 3.21. The van der Waals surface area contributed by atoms with Crippen molar-refractivity contribution in [1.82, 2.24) is 9.88 Å². The van der Waals surface area contributed by atoms with E-state index < -0.39 is 0 Å². The van der Waals surface area contributed by atoms with Crippen molar-refractivity contribution in [2.24, 2.45) is 0 Å².